The smallest absolute Gasteiger partial charge is 0.335 e. The fourth-order valence-electron chi connectivity index (χ4n) is 3.23. The summed E-state index contributed by atoms with van der Waals surface area (Å²) in [5.74, 6) is -6.53. The minimum Gasteiger partial charge on any atom is -0.478 e. The van der Waals surface area contributed by atoms with E-state index in [2.05, 4.69) is 0 Å². The third-order valence-electron chi connectivity index (χ3n) is 4.21. The fraction of sp³-hybridized carbons (Fsp3) is 0.211. The number of esters is 2. The molecule has 2 atom stereocenters. The van der Waals surface area contributed by atoms with Gasteiger partial charge in [0.15, 0.2) is 11.6 Å². The van der Waals surface area contributed by atoms with Crippen molar-refractivity contribution in [3.63, 3.8) is 0 Å². The van der Waals surface area contributed by atoms with E-state index >= 15 is 0 Å². The molecule has 0 amide bonds. The molecule has 0 radical (unpaired) electrons. The van der Waals surface area contributed by atoms with Crippen LogP contribution in [0.3, 0.4) is 0 Å². The van der Waals surface area contributed by atoms with Crippen LogP contribution >= 0.6 is 0 Å². The Labute approximate surface area is 153 Å². The quantitative estimate of drug-likeness (QED) is 0.630. The molecule has 0 bridgehead atoms. The first-order valence-corrected chi connectivity index (χ1v) is 7.95. The number of hydrogen-bond acceptors (Lipinski definition) is 7. The van der Waals surface area contributed by atoms with Gasteiger partial charge in [-0.15, -0.1) is 0 Å². The molecule has 1 aromatic carbocycles. The molecule has 1 aromatic rings. The van der Waals surface area contributed by atoms with Gasteiger partial charge in [0.05, 0.1) is 23.0 Å². The number of fused-ring (bicyclic) bond motifs is 2. The van der Waals surface area contributed by atoms with Crippen molar-refractivity contribution in [2.75, 3.05) is 0 Å². The first-order chi connectivity index (χ1) is 12.7. The number of carbonyl (C=O) groups excluding carboxylic acids is 4. The van der Waals surface area contributed by atoms with Crippen LogP contribution in [0, 0.1) is 11.8 Å². The van der Waals surface area contributed by atoms with Crippen LogP contribution in [-0.2, 0) is 19.1 Å². The number of hydrogen-bond donors (Lipinski definition) is 1. The number of aliphatic carboxylic acids is 1. The SMILES string of the molecule is CC(=O)OC1=CC(C(=O)O)=C[C@@H]2C(=O)c3cccc(OC(C)=O)c3C(=O)[C@H]12. The van der Waals surface area contributed by atoms with Crippen LogP contribution in [-0.4, -0.2) is 34.6 Å². The number of ether oxygens (including phenoxy) is 2. The van der Waals surface area contributed by atoms with Crippen LogP contribution < -0.4 is 4.74 Å². The van der Waals surface area contributed by atoms with Crippen molar-refractivity contribution in [1.82, 2.24) is 0 Å². The second-order valence-corrected chi connectivity index (χ2v) is 6.07. The Morgan fingerprint density at radius 1 is 1.00 bits per heavy atom. The molecule has 0 saturated carbocycles. The van der Waals surface area contributed by atoms with Gasteiger partial charge in [-0.1, -0.05) is 18.2 Å². The predicted molar refractivity (Wildman–Crippen MR) is 89.0 cm³/mol. The molecule has 2 aliphatic carbocycles. The minimum absolute atomic E-state index is 0.0186. The highest BCUT2D eigenvalue weighted by atomic mass is 16.5. The zero-order chi connectivity index (χ0) is 19.9. The van der Waals surface area contributed by atoms with Gasteiger partial charge >= 0.3 is 17.9 Å². The Hall–Kier alpha value is -3.55. The number of carbonyl (C=O) groups is 5. The summed E-state index contributed by atoms with van der Waals surface area (Å²) < 4.78 is 10.1. The van der Waals surface area contributed by atoms with Gasteiger partial charge in [0.2, 0.25) is 0 Å². The highest BCUT2D eigenvalue weighted by molar-refractivity contribution is 6.19. The van der Waals surface area contributed by atoms with Crippen molar-refractivity contribution in [2.24, 2.45) is 11.8 Å². The van der Waals surface area contributed by atoms with E-state index in [0.717, 1.165) is 19.9 Å². The Bertz CT molecular complexity index is 966. The van der Waals surface area contributed by atoms with Crippen molar-refractivity contribution in [3.05, 3.63) is 52.8 Å². The average molecular weight is 370 g/mol. The van der Waals surface area contributed by atoms with Crippen LogP contribution in [0.2, 0.25) is 0 Å². The highest BCUT2D eigenvalue weighted by Gasteiger charge is 2.47. The molecule has 3 rings (SSSR count). The molecule has 0 heterocycles. The Kier molecular flexibility index (Phi) is 4.49. The van der Waals surface area contributed by atoms with Crippen LogP contribution in [0.25, 0.3) is 0 Å². The van der Waals surface area contributed by atoms with Gasteiger partial charge in [0.25, 0.3) is 0 Å². The molecule has 0 aromatic heterocycles. The van der Waals surface area contributed by atoms with Crippen molar-refractivity contribution in [3.8, 4) is 5.75 Å². The summed E-state index contributed by atoms with van der Waals surface area (Å²) >= 11 is 0. The monoisotopic (exact) mass is 370 g/mol. The van der Waals surface area contributed by atoms with E-state index in [1.54, 1.807) is 0 Å². The van der Waals surface area contributed by atoms with Crippen molar-refractivity contribution >= 4 is 29.5 Å². The highest BCUT2D eigenvalue weighted by Crippen LogP contribution is 2.42. The number of ketones is 2. The van der Waals surface area contributed by atoms with Gasteiger partial charge in [-0.05, 0) is 12.1 Å². The third-order valence-corrected chi connectivity index (χ3v) is 4.21. The van der Waals surface area contributed by atoms with Crippen LogP contribution in [0.1, 0.15) is 34.6 Å². The van der Waals surface area contributed by atoms with Gasteiger partial charge < -0.3 is 14.6 Å². The molecule has 1 N–H and O–H groups in total. The lowest BCUT2D eigenvalue weighted by atomic mass is 9.70. The number of carboxylic acids is 1. The predicted octanol–water partition coefficient (Wildman–Crippen LogP) is 1.69. The van der Waals surface area contributed by atoms with E-state index < -0.39 is 41.3 Å². The maximum atomic E-state index is 13.1. The lowest BCUT2D eigenvalue weighted by molar-refractivity contribution is -0.138. The standard InChI is InChI=1S/C19H14O8/c1-8(20)26-13-5-3-4-11-15(13)18(23)16-12(17(11)22)6-10(19(24)25)7-14(16)27-9(2)21/h3-7,12,16H,1-2H3,(H,24,25)/t12-,16-/m0/s1. The zero-order valence-corrected chi connectivity index (χ0v) is 14.3. The van der Waals surface area contributed by atoms with Gasteiger partial charge in [0, 0.05) is 19.4 Å². The number of rotatable bonds is 3. The number of carboxylic acid groups (broad SMARTS) is 1. The molecule has 0 unspecified atom stereocenters. The van der Waals surface area contributed by atoms with Crippen molar-refractivity contribution in [2.45, 2.75) is 13.8 Å². The number of allylic oxidation sites excluding steroid dienone is 2. The molecule has 2 aliphatic rings. The summed E-state index contributed by atoms with van der Waals surface area (Å²) in [6, 6.07) is 4.23. The van der Waals surface area contributed by atoms with Crippen LogP contribution in [0.15, 0.2) is 41.7 Å². The van der Waals surface area contributed by atoms with Crippen LogP contribution in [0.4, 0.5) is 0 Å². The second kappa shape index (κ2) is 6.64. The molecule has 0 spiro atoms. The Balaban J connectivity index is 2.19. The summed E-state index contributed by atoms with van der Waals surface area (Å²) in [5.41, 5.74) is -0.331. The molecular weight excluding hydrogens is 356 g/mol. The molecule has 0 fully saturated rings. The lowest BCUT2D eigenvalue weighted by Crippen LogP contribution is -2.40. The van der Waals surface area contributed by atoms with Gasteiger partial charge in [-0.2, -0.15) is 0 Å². The zero-order valence-electron chi connectivity index (χ0n) is 14.3. The Morgan fingerprint density at radius 2 is 1.67 bits per heavy atom. The van der Waals surface area contributed by atoms with E-state index in [-0.39, 0.29) is 28.2 Å². The lowest BCUT2D eigenvalue weighted by Gasteiger charge is -2.32. The minimum atomic E-state index is -1.32. The maximum Gasteiger partial charge on any atom is 0.335 e. The summed E-state index contributed by atoms with van der Waals surface area (Å²) in [6.07, 6.45) is 2.22. The van der Waals surface area contributed by atoms with E-state index in [4.69, 9.17) is 9.47 Å². The first-order valence-electron chi connectivity index (χ1n) is 7.95. The number of benzene rings is 1. The van der Waals surface area contributed by atoms with Crippen molar-refractivity contribution < 1.29 is 38.6 Å². The number of Topliss-reactive ketones (excluding diaryl/α,β-unsaturated/α-hetero) is 2. The first kappa shape index (κ1) is 18.2. The summed E-state index contributed by atoms with van der Waals surface area (Å²) in [4.78, 5) is 60.2. The summed E-state index contributed by atoms with van der Waals surface area (Å²) in [5, 5.41) is 9.26. The van der Waals surface area contributed by atoms with Gasteiger partial charge in [0.1, 0.15) is 11.5 Å². The van der Waals surface area contributed by atoms with Gasteiger partial charge in [-0.3, -0.25) is 19.2 Å². The molecule has 27 heavy (non-hydrogen) atoms. The van der Waals surface area contributed by atoms with E-state index in [9.17, 15) is 29.1 Å². The summed E-state index contributed by atoms with van der Waals surface area (Å²) in [7, 11) is 0. The molecule has 0 saturated heterocycles. The van der Waals surface area contributed by atoms with Gasteiger partial charge in [-0.25, -0.2) is 4.79 Å². The fourth-order valence-corrected chi connectivity index (χ4v) is 3.23. The van der Waals surface area contributed by atoms with Crippen molar-refractivity contribution in [1.29, 1.82) is 0 Å². The molecule has 8 nitrogen and oxygen atoms in total. The summed E-state index contributed by atoms with van der Waals surface area (Å²) in [6.45, 7) is 2.26. The molecule has 0 aliphatic heterocycles. The molecule has 8 heteroatoms. The molecular formula is C19H14O8. The normalized spacial score (nSPS) is 20.7. The maximum absolute atomic E-state index is 13.1. The third kappa shape index (κ3) is 3.17. The largest absolute Gasteiger partial charge is 0.478 e. The topological polar surface area (TPSA) is 124 Å². The van der Waals surface area contributed by atoms with E-state index in [0.29, 0.717) is 0 Å². The van der Waals surface area contributed by atoms with E-state index in [1.807, 2.05) is 0 Å². The van der Waals surface area contributed by atoms with Crippen LogP contribution in [0.5, 0.6) is 5.75 Å². The van der Waals surface area contributed by atoms with E-state index in [1.165, 1.54) is 24.3 Å². The second-order valence-electron chi connectivity index (χ2n) is 6.07. The molecule has 138 valence electrons. The average Bonchev–Trinajstić information content (AvgIpc) is 2.57. The Morgan fingerprint density at radius 3 is 2.26 bits per heavy atom.